The fourth-order valence-corrected chi connectivity index (χ4v) is 9.78. The number of aliphatic hydroxyl groups is 1. The molecule has 0 aliphatic rings. The molecule has 0 rings (SSSR count). The summed E-state index contributed by atoms with van der Waals surface area (Å²) < 4.78 is 39.6. The van der Waals surface area contributed by atoms with Crippen molar-refractivity contribution in [2.75, 3.05) is 26.4 Å². The molecule has 0 spiro atoms. The second-order valence-corrected chi connectivity index (χ2v) is 22.3. The van der Waals surface area contributed by atoms with E-state index in [9.17, 15) is 28.9 Å². The second-order valence-electron chi connectivity index (χ2n) is 20.9. The van der Waals surface area contributed by atoms with E-state index in [-0.39, 0.29) is 25.9 Å². The minimum Gasteiger partial charge on any atom is -0.462 e. The maximum absolute atomic E-state index is 12.9. The van der Waals surface area contributed by atoms with Crippen LogP contribution in [0.5, 0.6) is 0 Å². The lowest BCUT2D eigenvalue weighted by molar-refractivity contribution is -0.161. The summed E-state index contributed by atoms with van der Waals surface area (Å²) in [6.45, 7) is 4.69. The summed E-state index contributed by atoms with van der Waals surface area (Å²) in [6, 6.07) is 0. The van der Waals surface area contributed by atoms with E-state index in [0.29, 0.717) is 19.3 Å². The Kier molecular flexibility index (Phi) is 54.1. The van der Waals surface area contributed by atoms with Crippen LogP contribution in [-0.2, 0) is 42.2 Å². The molecule has 0 radical (unpaired) electrons. The van der Waals surface area contributed by atoms with Crippen molar-refractivity contribution in [3.05, 3.63) is 12.2 Å². The molecule has 0 aromatic heterocycles. The highest BCUT2D eigenvalue weighted by Crippen LogP contribution is 2.43. The Morgan fingerprint density at radius 2 is 0.639 bits per heavy atom. The first kappa shape index (κ1) is 70.2. The quantitative estimate of drug-likeness (QED) is 0.0197. The Morgan fingerprint density at radius 1 is 0.375 bits per heavy atom. The molecule has 0 aromatic rings. The van der Waals surface area contributed by atoms with Gasteiger partial charge >= 0.3 is 25.7 Å². The highest BCUT2D eigenvalue weighted by molar-refractivity contribution is 7.47. The zero-order chi connectivity index (χ0) is 52.7. The van der Waals surface area contributed by atoms with Gasteiger partial charge in [0.05, 0.1) is 19.8 Å². The molecule has 11 nitrogen and oxygen atoms in total. The molecule has 0 fully saturated rings. The number of allylic oxidation sites excluding steroid dienone is 2. The molecule has 0 aliphatic carbocycles. The summed E-state index contributed by atoms with van der Waals surface area (Å²) in [5.41, 5.74) is 0. The van der Waals surface area contributed by atoms with E-state index < -0.39 is 57.8 Å². The molecule has 0 amide bonds. The van der Waals surface area contributed by atoms with Crippen LogP contribution < -0.4 is 0 Å². The van der Waals surface area contributed by atoms with Crippen molar-refractivity contribution in [2.45, 2.75) is 328 Å². The van der Waals surface area contributed by atoms with Crippen LogP contribution in [0.3, 0.4) is 0 Å². The molecule has 0 saturated carbocycles. The van der Waals surface area contributed by atoms with Crippen molar-refractivity contribution in [3.8, 4) is 0 Å². The Hall–Kier alpha value is -1.78. The largest absolute Gasteiger partial charge is 0.472 e. The molecule has 0 saturated heterocycles. The average Bonchev–Trinajstić information content (AvgIpc) is 3.37. The van der Waals surface area contributed by atoms with Gasteiger partial charge in [0.25, 0.3) is 0 Å². The fourth-order valence-electron chi connectivity index (χ4n) is 9.00. The van der Waals surface area contributed by atoms with E-state index in [1.807, 2.05) is 0 Å². The number of ether oxygens (including phenoxy) is 3. The molecule has 426 valence electrons. The van der Waals surface area contributed by atoms with Crippen LogP contribution in [-0.4, -0.2) is 66.5 Å². The number of hydrogen-bond donors (Lipinski definition) is 2. The van der Waals surface area contributed by atoms with Crippen LogP contribution in [0.1, 0.15) is 316 Å². The lowest BCUT2D eigenvalue weighted by atomic mass is 10.0. The molecule has 0 bridgehead atoms. The van der Waals surface area contributed by atoms with Crippen LogP contribution >= 0.6 is 7.82 Å². The van der Waals surface area contributed by atoms with Gasteiger partial charge in [-0.2, -0.15) is 0 Å². The van der Waals surface area contributed by atoms with Gasteiger partial charge in [0.1, 0.15) is 12.7 Å². The lowest BCUT2D eigenvalue weighted by Gasteiger charge is -2.21. The van der Waals surface area contributed by atoms with Crippen molar-refractivity contribution in [3.63, 3.8) is 0 Å². The summed E-state index contributed by atoms with van der Waals surface area (Å²) in [5, 5.41) is 9.81. The van der Waals surface area contributed by atoms with Gasteiger partial charge in [-0.1, -0.05) is 264 Å². The second kappa shape index (κ2) is 55.5. The average molecular weight is 1040 g/mol. The molecule has 72 heavy (non-hydrogen) atoms. The number of hydrogen-bond acceptors (Lipinski definition) is 10. The van der Waals surface area contributed by atoms with Crippen LogP contribution in [0.4, 0.5) is 0 Å². The SMILES string of the molecule is CCCCCC/C=C\CCCCCCCC(=O)OC(CO)COP(=O)(O)OCC(COC(=O)CCCCCCCCCCCCCCCCCCC)OC(=O)CCCCCCCCCCCCCCCCC. The normalized spacial score (nSPS) is 13.3. The van der Waals surface area contributed by atoms with E-state index in [0.717, 1.165) is 77.0 Å². The molecular weight excluding hydrogens is 928 g/mol. The summed E-state index contributed by atoms with van der Waals surface area (Å²) in [5.74, 6) is -1.44. The smallest absolute Gasteiger partial charge is 0.462 e. The number of aliphatic hydroxyl groups excluding tert-OH is 1. The Bertz CT molecular complexity index is 1260. The third kappa shape index (κ3) is 53.1. The van der Waals surface area contributed by atoms with Crippen molar-refractivity contribution < 1.29 is 52.2 Å². The molecule has 12 heteroatoms. The van der Waals surface area contributed by atoms with Gasteiger partial charge in [0.2, 0.25) is 0 Å². The van der Waals surface area contributed by atoms with Gasteiger partial charge in [-0.15, -0.1) is 0 Å². The standard InChI is InChI=1S/C60H115O11P/c1-4-7-10-13-16-19-22-25-27-28-30-32-34-37-40-43-46-49-58(62)67-53-57(71-60(64)51-48-45-42-39-36-33-29-26-23-20-17-14-11-8-5-2)55-69-72(65,66)68-54-56(52-61)70-59(63)50-47-44-41-38-35-31-24-21-18-15-12-9-6-3/h21,24,56-57,61H,4-20,22-23,25-55H2,1-3H3,(H,65,66)/b24-21-. The number of esters is 3. The molecular formula is C60H115O11P. The topological polar surface area (TPSA) is 155 Å². The number of phosphoric ester groups is 1. The third-order valence-corrected chi connectivity index (χ3v) is 14.6. The van der Waals surface area contributed by atoms with E-state index in [1.165, 1.54) is 180 Å². The van der Waals surface area contributed by atoms with Gasteiger partial charge < -0.3 is 24.2 Å². The summed E-state index contributed by atoms with van der Waals surface area (Å²) in [6.07, 6.45) is 54.5. The molecule has 0 heterocycles. The van der Waals surface area contributed by atoms with Gasteiger partial charge in [0.15, 0.2) is 6.10 Å². The molecule has 3 unspecified atom stereocenters. The van der Waals surface area contributed by atoms with Gasteiger partial charge in [0, 0.05) is 19.3 Å². The van der Waals surface area contributed by atoms with Crippen molar-refractivity contribution in [1.82, 2.24) is 0 Å². The van der Waals surface area contributed by atoms with E-state index >= 15 is 0 Å². The highest BCUT2D eigenvalue weighted by Gasteiger charge is 2.28. The molecule has 2 N–H and O–H groups in total. The van der Waals surface area contributed by atoms with Crippen molar-refractivity contribution in [2.24, 2.45) is 0 Å². The number of phosphoric acid groups is 1. The first-order valence-corrected chi connectivity index (χ1v) is 32.1. The molecule has 3 atom stereocenters. The maximum Gasteiger partial charge on any atom is 0.472 e. The van der Waals surface area contributed by atoms with Crippen LogP contribution in [0.15, 0.2) is 12.2 Å². The zero-order valence-corrected chi connectivity index (χ0v) is 48.1. The van der Waals surface area contributed by atoms with E-state index in [1.54, 1.807) is 0 Å². The highest BCUT2D eigenvalue weighted by atomic mass is 31.2. The van der Waals surface area contributed by atoms with Crippen molar-refractivity contribution in [1.29, 1.82) is 0 Å². The summed E-state index contributed by atoms with van der Waals surface area (Å²) in [4.78, 5) is 48.6. The van der Waals surface area contributed by atoms with E-state index in [4.69, 9.17) is 23.3 Å². The predicted molar refractivity (Wildman–Crippen MR) is 298 cm³/mol. The minimum atomic E-state index is -4.74. The lowest BCUT2D eigenvalue weighted by Crippen LogP contribution is -2.30. The Labute approximate surface area is 443 Å². The molecule has 0 aromatic carbocycles. The first-order valence-electron chi connectivity index (χ1n) is 30.6. The van der Waals surface area contributed by atoms with Crippen molar-refractivity contribution >= 4 is 25.7 Å². The monoisotopic (exact) mass is 1040 g/mol. The van der Waals surface area contributed by atoms with Crippen LogP contribution in [0.25, 0.3) is 0 Å². The number of unbranched alkanes of at least 4 members (excludes halogenated alkanes) is 39. The van der Waals surface area contributed by atoms with Gasteiger partial charge in [-0.3, -0.25) is 23.4 Å². The fraction of sp³-hybridized carbons (Fsp3) is 0.917. The third-order valence-electron chi connectivity index (χ3n) is 13.7. The Morgan fingerprint density at radius 3 is 0.972 bits per heavy atom. The van der Waals surface area contributed by atoms with Gasteiger partial charge in [-0.25, -0.2) is 4.57 Å². The Balaban J connectivity index is 4.66. The zero-order valence-electron chi connectivity index (χ0n) is 47.2. The minimum absolute atomic E-state index is 0.173. The number of rotatable bonds is 58. The van der Waals surface area contributed by atoms with Gasteiger partial charge in [-0.05, 0) is 44.9 Å². The summed E-state index contributed by atoms with van der Waals surface area (Å²) in [7, 11) is -4.74. The van der Waals surface area contributed by atoms with Crippen LogP contribution in [0.2, 0.25) is 0 Å². The summed E-state index contributed by atoms with van der Waals surface area (Å²) >= 11 is 0. The first-order chi connectivity index (χ1) is 35.2. The molecule has 0 aliphatic heterocycles. The van der Waals surface area contributed by atoms with Crippen LogP contribution in [0, 0.1) is 0 Å². The predicted octanol–water partition coefficient (Wildman–Crippen LogP) is 18.0. The number of carbonyl (C=O) groups excluding carboxylic acids is 3. The van der Waals surface area contributed by atoms with E-state index in [2.05, 4.69) is 32.9 Å². The maximum atomic E-state index is 12.9. The number of carbonyl (C=O) groups is 3.